The quantitative estimate of drug-likeness (QED) is 0.701. The lowest BCUT2D eigenvalue weighted by Crippen LogP contribution is -2.13. The van der Waals surface area contributed by atoms with Gasteiger partial charge >= 0.3 is 0 Å². The highest BCUT2D eigenvalue weighted by molar-refractivity contribution is 5.96. The average Bonchev–Trinajstić information content (AvgIpc) is 2.16. The van der Waals surface area contributed by atoms with Gasteiger partial charge in [-0.3, -0.25) is 4.79 Å². The van der Waals surface area contributed by atoms with Crippen molar-refractivity contribution in [3.05, 3.63) is 36.0 Å². The Kier molecular flexibility index (Phi) is 1.81. The zero-order valence-electron chi connectivity index (χ0n) is 7.27. The molecule has 0 atom stereocenters. The van der Waals surface area contributed by atoms with Crippen molar-refractivity contribution in [2.24, 2.45) is 5.73 Å². The number of hydrogen-bond acceptors (Lipinski definition) is 3. The van der Waals surface area contributed by atoms with Gasteiger partial charge in [0.2, 0.25) is 0 Å². The number of nitrogens with two attached hydrogens (primary N) is 1. The first-order valence-electron chi connectivity index (χ1n) is 4.07. The Morgan fingerprint density at radius 3 is 2.79 bits per heavy atom. The number of amides is 1. The number of primary amides is 1. The molecule has 0 bridgehead atoms. The van der Waals surface area contributed by atoms with Gasteiger partial charge in [-0.1, -0.05) is 18.2 Å². The van der Waals surface area contributed by atoms with Gasteiger partial charge in [-0.15, -0.1) is 0 Å². The van der Waals surface area contributed by atoms with Gasteiger partial charge in [-0.2, -0.15) is 0 Å². The highest BCUT2D eigenvalue weighted by Gasteiger charge is 2.10. The van der Waals surface area contributed by atoms with Crippen LogP contribution < -0.4 is 5.73 Å². The van der Waals surface area contributed by atoms with Crippen LogP contribution in [0, 0.1) is 0 Å². The summed E-state index contributed by atoms with van der Waals surface area (Å²) in [6, 6.07) is 8.65. The number of rotatable bonds is 1. The number of hydrogen-bond donors (Lipinski definition) is 2. The van der Waals surface area contributed by atoms with E-state index in [9.17, 15) is 9.90 Å². The molecule has 2 rings (SSSR count). The molecule has 0 aliphatic carbocycles. The number of benzene rings is 1. The second-order valence-electron chi connectivity index (χ2n) is 2.91. The minimum absolute atomic E-state index is 0.0938. The van der Waals surface area contributed by atoms with Gasteiger partial charge < -0.3 is 10.8 Å². The van der Waals surface area contributed by atoms with Crippen molar-refractivity contribution >= 4 is 16.8 Å². The summed E-state index contributed by atoms with van der Waals surface area (Å²) < 4.78 is 0. The van der Waals surface area contributed by atoms with Crippen LogP contribution in [0.25, 0.3) is 10.9 Å². The molecule has 2 aromatic rings. The van der Waals surface area contributed by atoms with Gasteiger partial charge in [0.05, 0.1) is 5.52 Å². The number of aromatic nitrogens is 1. The van der Waals surface area contributed by atoms with Crippen LogP contribution in [0.2, 0.25) is 0 Å². The van der Waals surface area contributed by atoms with Crippen molar-refractivity contribution in [3.8, 4) is 5.75 Å². The fraction of sp³-hybridized carbons (Fsp3) is 0. The Labute approximate surface area is 80.0 Å². The van der Waals surface area contributed by atoms with Crippen molar-refractivity contribution in [3.63, 3.8) is 0 Å². The summed E-state index contributed by atoms with van der Waals surface area (Å²) in [6.45, 7) is 0. The normalized spacial score (nSPS) is 10.3. The molecule has 0 aliphatic heterocycles. The third-order valence-electron chi connectivity index (χ3n) is 1.94. The zero-order chi connectivity index (χ0) is 10.1. The molecule has 1 aromatic heterocycles. The minimum atomic E-state index is -0.728. The second kappa shape index (κ2) is 2.99. The smallest absolute Gasteiger partial charge is 0.271 e. The Morgan fingerprint density at radius 1 is 1.36 bits per heavy atom. The number of nitrogens with zero attached hydrogens (tertiary/aromatic N) is 1. The highest BCUT2D eigenvalue weighted by atomic mass is 16.3. The molecule has 0 saturated heterocycles. The molecule has 0 radical (unpaired) electrons. The standard InChI is InChI=1S/C10H8N2O2/c11-10(14)9-8(13)5-6-3-1-2-4-7(6)12-9/h1-5,13H,(H2,11,14). The third kappa shape index (κ3) is 1.26. The summed E-state index contributed by atoms with van der Waals surface area (Å²) in [5.74, 6) is -0.913. The molecule has 0 saturated carbocycles. The molecule has 70 valence electrons. The number of fused-ring (bicyclic) bond motifs is 1. The zero-order valence-corrected chi connectivity index (χ0v) is 7.27. The van der Waals surface area contributed by atoms with Gasteiger partial charge in [0.15, 0.2) is 5.69 Å². The highest BCUT2D eigenvalue weighted by Crippen LogP contribution is 2.20. The maximum absolute atomic E-state index is 10.9. The largest absolute Gasteiger partial charge is 0.505 e. The lowest BCUT2D eigenvalue weighted by Gasteiger charge is -2.01. The molecule has 0 aliphatic rings. The first-order valence-corrected chi connectivity index (χ1v) is 4.07. The number of carbonyl (C=O) groups excluding carboxylic acids is 1. The Hall–Kier alpha value is -2.10. The monoisotopic (exact) mass is 188 g/mol. The molecular formula is C10H8N2O2. The van der Waals surface area contributed by atoms with Crippen molar-refractivity contribution in [1.29, 1.82) is 0 Å². The number of pyridine rings is 1. The SMILES string of the molecule is NC(=O)c1nc2ccccc2cc1O. The molecule has 0 spiro atoms. The summed E-state index contributed by atoms with van der Waals surface area (Å²) in [7, 11) is 0. The van der Waals surface area contributed by atoms with E-state index in [2.05, 4.69) is 4.98 Å². The Balaban J connectivity index is 2.77. The van der Waals surface area contributed by atoms with Crippen molar-refractivity contribution in [2.45, 2.75) is 0 Å². The predicted molar refractivity (Wildman–Crippen MR) is 51.9 cm³/mol. The molecule has 0 unspecified atom stereocenters. The molecule has 1 amide bonds. The van der Waals surface area contributed by atoms with Crippen molar-refractivity contribution < 1.29 is 9.90 Å². The fourth-order valence-electron chi connectivity index (χ4n) is 1.29. The average molecular weight is 188 g/mol. The van der Waals surface area contributed by atoms with Gasteiger partial charge in [0.25, 0.3) is 5.91 Å². The van der Waals surface area contributed by atoms with Crippen LogP contribution >= 0.6 is 0 Å². The van der Waals surface area contributed by atoms with Crippen LogP contribution in [0.3, 0.4) is 0 Å². The van der Waals surface area contributed by atoms with E-state index in [1.165, 1.54) is 6.07 Å². The van der Waals surface area contributed by atoms with Crippen molar-refractivity contribution in [1.82, 2.24) is 4.98 Å². The number of para-hydroxylation sites is 1. The molecular weight excluding hydrogens is 180 g/mol. The summed E-state index contributed by atoms with van der Waals surface area (Å²) in [5.41, 5.74) is 5.59. The fourth-order valence-corrected chi connectivity index (χ4v) is 1.29. The second-order valence-corrected chi connectivity index (χ2v) is 2.91. The van der Waals surface area contributed by atoms with Crippen LogP contribution in [0.1, 0.15) is 10.5 Å². The van der Waals surface area contributed by atoms with E-state index < -0.39 is 5.91 Å². The molecule has 0 fully saturated rings. The number of aromatic hydroxyl groups is 1. The van der Waals surface area contributed by atoms with Crippen LogP contribution in [0.4, 0.5) is 0 Å². The van der Waals surface area contributed by atoms with Gasteiger partial charge in [-0.25, -0.2) is 4.98 Å². The van der Waals surface area contributed by atoms with E-state index in [0.29, 0.717) is 5.52 Å². The maximum Gasteiger partial charge on any atom is 0.271 e. The summed E-state index contributed by atoms with van der Waals surface area (Å²) in [6.07, 6.45) is 0. The topological polar surface area (TPSA) is 76.2 Å². The molecule has 4 nitrogen and oxygen atoms in total. The summed E-state index contributed by atoms with van der Waals surface area (Å²) in [4.78, 5) is 14.8. The molecule has 14 heavy (non-hydrogen) atoms. The first kappa shape index (κ1) is 8.50. The summed E-state index contributed by atoms with van der Waals surface area (Å²) >= 11 is 0. The Morgan fingerprint density at radius 2 is 2.07 bits per heavy atom. The molecule has 1 aromatic carbocycles. The van der Waals surface area contributed by atoms with Crippen LogP contribution in [0.15, 0.2) is 30.3 Å². The molecule has 1 heterocycles. The van der Waals surface area contributed by atoms with Gasteiger partial charge in [0.1, 0.15) is 5.75 Å². The number of carbonyl (C=O) groups is 1. The lowest BCUT2D eigenvalue weighted by atomic mass is 10.2. The van der Waals surface area contributed by atoms with Crippen LogP contribution in [0.5, 0.6) is 5.75 Å². The van der Waals surface area contributed by atoms with E-state index >= 15 is 0 Å². The van der Waals surface area contributed by atoms with Crippen LogP contribution in [-0.4, -0.2) is 16.0 Å². The third-order valence-corrected chi connectivity index (χ3v) is 1.94. The molecule has 3 N–H and O–H groups in total. The summed E-state index contributed by atoms with van der Waals surface area (Å²) in [5, 5.41) is 10.2. The first-order chi connectivity index (χ1) is 6.68. The lowest BCUT2D eigenvalue weighted by molar-refractivity contribution is 0.0993. The van der Waals surface area contributed by atoms with E-state index in [0.717, 1.165) is 5.39 Å². The predicted octanol–water partition coefficient (Wildman–Crippen LogP) is 1.04. The van der Waals surface area contributed by atoms with Crippen molar-refractivity contribution in [2.75, 3.05) is 0 Å². The van der Waals surface area contributed by atoms with Crippen LogP contribution in [-0.2, 0) is 0 Å². The maximum atomic E-state index is 10.9. The van der Waals surface area contributed by atoms with E-state index in [4.69, 9.17) is 5.73 Å². The van der Waals surface area contributed by atoms with Gasteiger partial charge in [0, 0.05) is 5.39 Å². The van der Waals surface area contributed by atoms with E-state index in [-0.39, 0.29) is 11.4 Å². The minimum Gasteiger partial charge on any atom is -0.505 e. The van der Waals surface area contributed by atoms with E-state index in [1.54, 1.807) is 18.2 Å². The van der Waals surface area contributed by atoms with E-state index in [1.807, 2.05) is 6.07 Å². The molecule has 4 heteroatoms. The Bertz CT molecular complexity index is 508. The van der Waals surface area contributed by atoms with Gasteiger partial charge in [-0.05, 0) is 12.1 Å².